The minimum absolute atomic E-state index is 0.0957. The third-order valence-corrected chi connectivity index (χ3v) is 4.44. The molecule has 0 unspecified atom stereocenters. The van der Waals surface area contributed by atoms with E-state index in [0.717, 1.165) is 20.6 Å². The van der Waals surface area contributed by atoms with Crippen LogP contribution in [0.4, 0.5) is 11.4 Å². The summed E-state index contributed by atoms with van der Waals surface area (Å²) < 4.78 is 0.779. The molecule has 0 saturated heterocycles. The van der Waals surface area contributed by atoms with Crippen LogP contribution in [-0.2, 0) is 0 Å². The Labute approximate surface area is 118 Å². The second-order valence-electron chi connectivity index (χ2n) is 4.04. The van der Waals surface area contributed by atoms with Gasteiger partial charge in [0.15, 0.2) is 0 Å². The molecule has 0 radical (unpaired) electrons. The van der Waals surface area contributed by atoms with Crippen LogP contribution in [0.3, 0.4) is 0 Å². The molecular formula is C13H13BrN2OS. The monoisotopic (exact) mass is 324 g/mol. The van der Waals surface area contributed by atoms with Gasteiger partial charge in [0.05, 0.1) is 10.6 Å². The average Bonchev–Trinajstić information content (AvgIpc) is 2.63. The second-order valence-corrected chi connectivity index (χ2v) is 6.15. The second kappa shape index (κ2) is 5.12. The van der Waals surface area contributed by atoms with Crippen molar-refractivity contribution in [2.75, 3.05) is 11.1 Å². The number of nitrogen functional groups attached to an aromatic ring is 1. The maximum absolute atomic E-state index is 12.1. The molecule has 3 nitrogen and oxygen atoms in total. The lowest BCUT2D eigenvalue weighted by atomic mass is 10.2. The van der Waals surface area contributed by atoms with E-state index in [1.165, 1.54) is 11.3 Å². The van der Waals surface area contributed by atoms with E-state index in [2.05, 4.69) is 21.2 Å². The summed E-state index contributed by atoms with van der Waals surface area (Å²) in [5, 5.41) is 2.86. The number of thiophene rings is 1. The van der Waals surface area contributed by atoms with E-state index >= 15 is 0 Å². The van der Waals surface area contributed by atoms with Crippen molar-refractivity contribution >= 4 is 44.5 Å². The third-order valence-electron chi connectivity index (χ3n) is 2.63. The minimum Gasteiger partial charge on any atom is -0.399 e. The first-order valence-corrected chi connectivity index (χ1v) is 7.01. The van der Waals surface area contributed by atoms with Crippen molar-refractivity contribution in [2.24, 2.45) is 0 Å². The lowest BCUT2D eigenvalue weighted by Crippen LogP contribution is -2.10. The van der Waals surface area contributed by atoms with E-state index in [-0.39, 0.29) is 5.91 Å². The summed E-state index contributed by atoms with van der Waals surface area (Å²) >= 11 is 4.88. The molecule has 1 aromatic carbocycles. The highest BCUT2D eigenvalue weighted by Gasteiger charge is 2.12. The Hall–Kier alpha value is -1.33. The van der Waals surface area contributed by atoms with Crippen LogP contribution in [0, 0.1) is 13.8 Å². The molecule has 3 N–H and O–H groups in total. The van der Waals surface area contributed by atoms with Gasteiger partial charge in [-0.25, -0.2) is 0 Å². The summed E-state index contributed by atoms with van der Waals surface area (Å²) in [7, 11) is 0. The molecule has 0 aliphatic rings. The number of halogens is 1. The number of amides is 1. The van der Waals surface area contributed by atoms with Crippen LogP contribution in [-0.4, -0.2) is 5.91 Å². The van der Waals surface area contributed by atoms with Crippen LogP contribution in [0.2, 0.25) is 0 Å². The predicted molar refractivity (Wildman–Crippen MR) is 80.3 cm³/mol. The van der Waals surface area contributed by atoms with Gasteiger partial charge in [0.2, 0.25) is 0 Å². The van der Waals surface area contributed by atoms with Gasteiger partial charge >= 0.3 is 0 Å². The van der Waals surface area contributed by atoms with Gasteiger partial charge < -0.3 is 11.1 Å². The number of rotatable bonds is 2. The van der Waals surface area contributed by atoms with Gasteiger partial charge in [0.25, 0.3) is 5.91 Å². The SMILES string of the molecule is Cc1cc(C(=O)Nc2ccc(N)cc2Br)sc1C. The van der Waals surface area contributed by atoms with Crippen LogP contribution < -0.4 is 11.1 Å². The lowest BCUT2D eigenvalue weighted by molar-refractivity contribution is 0.103. The van der Waals surface area contributed by atoms with Gasteiger partial charge in [-0.05, 0) is 59.6 Å². The summed E-state index contributed by atoms with van der Waals surface area (Å²) in [5.74, 6) is -0.0957. The van der Waals surface area contributed by atoms with Crippen LogP contribution in [0.5, 0.6) is 0 Å². The van der Waals surface area contributed by atoms with Crippen molar-refractivity contribution in [1.29, 1.82) is 0 Å². The highest BCUT2D eigenvalue weighted by molar-refractivity contribution is 9.10. The molecular weight excluding hydrogens is 312 g/mol. The van der Waals surface area contributed by atoms with E-state index in [9.17, 15) is 4.79 Å². The Morgan fingerprint density at radius 2 is 2.06 bits per heavy atom. The molecule has 1 amide bonds. The van der Waals surface area contributed by atoms with E-state index in [1.54, 1.807) is 18.2 Å². The lowest BCUT2D eigenvalue weighted by Gasteiger charge is -2.06. The van der Waals surface area contributed by atoms with Crippen LogP contribution in [0.1, 0.15) is 20.1 Å². The first kappa shape index (κ1) is 13.1. The molecule has 5 heteroatoms. The Morgan fingerprint density at radius 3 is 2.61 bits per heavy atom. The first-order valence-electron chi connectivity index (χ1n) is 5.41. The molecule has 2 rings (SSSR count). The zero-order valence-electron chi connectivity index (χ0n) is 10.1. The Bertz CT molecular complexity index is 588. The van der Waals surface area contributed by atoms with E-state index in [4.69, 9.17) is 5.73 Å². The minimum atomic E-state index is -0.0957. The number of nitrogens with one attached hydrogen (secondary N) is 1. The maximum Gasteiger partial charge on any atom is 0.265 e. The normalized spacial score (nSPS) is 10.4. The highest BCUT2D eigenvalue weighted by Crippen LogP contribution is 2.27. The number of carbonyl (C=O) groups is 1. The molecule has 0 aliphatic carbocycles. The molecule has 94 valence electrons. The number of nitrogens with two attached hydrogens (primary N) is 1. The first-order chi connectivity index (χ1) is 8.47. The van der Waals surface area contributed by atoms with Gasteiger partial charge in [-0.2, -0.15) is 0 Å². The molecule has 0 aliphatic heterocycles. The van der Waals surface area contributed by atoms with Gasteiger partial charge in [0, 0.05) is 15.0 Å². The quantitative estimate of drug-likeness (QED) is 0.821. The molecule has 0 saturated carbocycles. The van der Waals surface area contributed by atoms with Crippen molar-refractivity contribution in [3.63, 3.8) is 0 Å². The fourth-order valence-electron chi connectivity index (χ4n) is 1.50. The smallest absolute Gasteiger partial charge is 0.265 e. The van der Waals surface area contributed by atoms with E-state index < -0.39 is 0 Å². The summed E-state index contributed by atoms with van der Waals surface area (Å²) in [6.07, 6.45) is 0. The largest absolute Gasteiger partial charge is 0.399 e. The summed E-state index contributed by atoms with van der Waals surface area (Å²) in [6.45, 7) is 4.01. The topological polar surface area (TPSA) is 55.1 Å². The molecule has 0 fully saturated rings. The zero-order chi connectivity index (χ0) is 13.3. The highest BCUT2D eigenvalue weighted by atomic mass is 79.9. The Balaban J connectivity index is 2.21. The number of carbonyl (C=O) groups excluding carboxylic acids is 1. The number of benzene rings is 1. The van der Waals surface area contributed by atoms with Crippen molar-refractivity contribution in [1.82, 2.24) is 0 Å². The van der Waals surface area contributed by atoms with Gasteiger partial charge in [-0.15, -0.1) is 11.3 Å². The van der Waals surface area contributed by atoms with Crippen LogP contribution >= 0.6 is 27.3 Å². The van der Waals surface area contributed by atoms with Gasteiger partial charge in [0.1, 0.15) is 0 Å². The number of hydrogen-bond donors (Lipinski definition) is 2. The molecule has 0 bridgehead atoms. The number of aryl methyl sites for hydroxylation is 2. The molecule has 0 spiro atoms. The molecule has 1 aromatic heterocycles. The summed E-state index contributed by atoms with van der Waals surface area (Å²) in [4.78, 5) is 13.9. The maximum atomic E-state index is 12.1. The Morgan fingerprint density at radius 1 is 1.33 bits per heavy atom. The Kier molecular flexibility index (Phi) is 3.73. The van der Waals surface area contributed by atoms with Gasteiger partial charge in [-0.3, -0.25) is 4.79 Å². The molecule has 2 aromatic rings. The van der Waals surface area contributed by atoms with E-state index in [0.29, 0.717) is 10.6 Å². The van der Waals surface area contributed by atoms with Crippen molar-refractivity contribution < 1.29 is 4.79 Å². The summed E-state index contributed by atoms with van der Waals surface area (Å²) in [5.41, 5.74) is 8.17. The van der Waals surface area contributed by atoms with Crippen molar-refractivity contribution in [3.05, 3.63) is 44.1 Å². The van der Waals surface area contributed by atoms with E-state index in [1.807, 2.05) is 19.9 Å². The number of anilines is 2. The van der Waals surface area contributed by atoms with Crippen LogP contribution in [0.15, 0.2) is 28.7 Å². The molecule has 0 atom stereocenters. The number of hydrogen-bond acceptors (Lipinski definition) is 3. The third kappa shape index (κ3) is 2.73. The average molecular weight is 325 g/mol. The summed E-state index contributed by atoms with van der Waals surface area (Å²) in [6, 6.07) is 7.21. The zero-order valence-corrected chi connectivity index (χ0v) is 12.5. The van der Waals surface area contributed by atoms with Crippen molar-refractivity contribution in [2.45, 2.75) is 13.8 Å². The molecule has 18 heavy (non-hydrogen) atoms. The predicted octanol–water partition coefficient (Wildman–Crippen LogP) is 3.96. The fourth-order valence-corrected chi connectivity index (χ4v) is 2.93. The van der Waals surface area contributed by atoms with Crippen LogP contribution in [0.25, 0.3) is 0 Å². The fraction of sp³-hybridized carbons (Fsp3) is 0.154. The van der Waals surface area contributed by atoms with Gasteiger partial charge in [-0.1, -0.05) is 0 Å². The van der Waals surface area contributed by atoms with Crippen molar-refractivity contribution in [3.8, 4) is 0 Å². The standard InChI is InChI=1S/C13H13BrN2OS/c1-7-5-12(18-8(7)2)13(17)16-11-4-3-9(15)6-10(11)14/h3-6H,15H2,1-2H3,(H,16,17). The molecule has 1 heterocycles.